The Kier molecular flexibility index (Phi) is 5.45. The first-order chi connectivity index (χ1) is 12.5. The third-order valence-electron chi connectivity index (χ3n) is 4.80. The summed E-state index contributed by atoms with van der Waals surface area (Å²) >= 11 is 0. The lowest BCUT2D eigenvalue weighted by molar-refractivity contribution is 0.170. The lowest BCUT2D eigenvalue weighted by atomic mass is 9.96. The molecule has 3 rings (SSSR count). The van der Waals surface area contributed by atoms with Crippen molar-refractivity contribution in [1.82, 2.24) is 5.32 Å². The molecule has 0 saturated carbocycles. The first-order valence-corrected chi connectivity index (χ1v) is 8.86. The van der Waals surface area contributed by atoms with Crippen molar-refractivity contribution in [2.24, 2.45) is 0 Å². The van der Waals surface area contributed by atoms with Gasteiger partial charge in [-0.3, -0.25) is 0 Å². The predicted octanol–water partition coefficient (Wildman–Crippen LogP) is 3.81. The Balaban J connectivity index is 1.65. The van der Waals surface area contributed by atoms with Crippen LogP contribution in [0.3, 0.4) is 0 Å². The number of aliphatic hydroxyl groups is 1. The van der Waals surface area contributed by atoms with Crippen LogP contribution in [0.25, 0.3) is 10.8 Å². The van der Waals surface area contributed by atoms with E-state index < -0.39 is 6.10 Å². The Morgan fingerprint density at radius 3 is 2.38 bits per heavy atom. The van der Waals surface area contributed by atoms with Crippen LogP contribution in [0.1, 0.15) is 29.7 Å². The van der Waals surface area contributed by atoms with Gasteiger partial charge in [-0.25, -0.2) is 0 Å². The minimum atomic E-state index is -0.751. The first-order valence-electron chi connectivity index (χ1n) is 8.86. The molecule has 4 heteroatoms. The smallest absolute Gasteiger partial charge is 0.157 e. The molecule has 4 nitrogen and oxygen atoms in total. The molecule has 4 N–H and O–H groups in total. The van der Waals surface area contributed by atoms with Crippen LogP contribution in [0, 0.1) is 6.92 Å². The number of hydrogen-bond donors (Lipinski definition) is 4. The standard InChI is InChI=1S/C22H25NO3/c1-14-7-8-16(19-6-4-3-5-18(14)19)11-15(2)23-13-22(26)17-9-10-20(24)21(25)12-17/h3-10,12,15,22-26H,11,13H2,1-2H3. The van der Waals surface area contributed by atoms with Crippen LogP contribution in [0.4, 0.5) is 0 Å². The SMILES string of the molecule is Cc1ccc(CC(C)NCC(O)c2ccc(O)c(O)c2)c2ccccc12. The zero-order chi connectivity index (χ0) is 18.7. The van der Waals surface area contributed by atoms with Crippen molar-refractivity contribution >= 4 is 10.8 Å². The molecule has 26 heavy (non-hydrogen) atoms. The normalized spacial score (nSPS) is 13.7. The summed E-state index contributed by atoms with van der Waals surface area (Å²) in [7, 11) is 0. The number of benzene rings is 3. The van der Waals surface area contributed by atoms with Gasteiger partial charge in [0.1, 0.15) is 0 Å². The van der Waals surface area contributed by atoms with Crippen molar-refractivity contribution in [2.45, 2.75) is 32.4 Å². The second-order valence-electron chi connectivity index (χ2n) is 6.86. The fourth-order valence-electron chi connectivity index (χ4n) is 3.27. The van der Waals surface area contributed by atoms with Gasteiger partial charge >= 0.3 is 0 Å². The Morgan fingerprint density at radius 2 is 1.65 bits per heavy atom. The minimum Gasteiger partial charge on any atom is -0.504 e. The van der Waals surface area contributed by atoms with Gasteiger partial charge in [0.05, 0.1) is 6.10 Å². The molecule has 0 aromatic heterocycles. The Bertz CT molecular complexity index is 907. The average Bonchev–Trinajstić information content (AvgIpc) is 2.64. The maximum atomic E-state index is 10.3. The number of hydrogen-bond acceptors (Lipinski definition) is 4. The first kappa shape index (κ1) is 18.2. The van der Waals surface area contributed by atoms with Gasteiger partial charge in [0.2, 0.25) is 0 Å². The van der Waals surface area contributed by atoms with Gasteiger partial charge < -0.3 is 20.6 Å². The van der Waals surface area contributed by atoms with Gasteiger partial charge in [-0.15, -0.1) is 0 Å². The van der Waals surface area contributed by atoms with Crippen molar-refractivity contribution in [1.29, 1.82) is 0 Å². The van der Waals surface area contributed by atoms with Gasteiger partial charge in [-0.2, -0.15) is 0 Å². The fraction of sp³-hybridized carbons (Fsp3) is 0.273. The number of aromatic hydroxyl groups is 2. The van der Waals surface area contributed by atoms with Crippen LogP contribution >= 0.6 is 0 Å². The molecule has 3 aromatic rings. The van der Waals surface area contributed by atoms with Gasteiger partial charge in [-0.1, -0.05) is 42.5 Å². The number of phenolic OH excluding ortho intramolecular Hbond substituents is 2. The molecule has 2 unspecified atom stereocenters. The maximum Gasteiger partial charge on any atom is 0.157 e. The summed E-state index contributed by atoms with van der Waals surface area (Å²) in [6.45, 7) is 4.59. The minimum absolute atomic E-state index is 0.182. The van der Waals surface area contributed by atoms with E-state index in [-0.39, 0.29) is 17.5 Å². The van der Waals surface area contributed by atoms with Gasteiger partial charge in [-0.05, 0) is 59.9 Å². The molecule has 0 aliphatic carbocycles. The van der Waals surface area contributed by atoms with Crippen molar-refractivity contribution in [3.63, 3.8) is 0 Å². The molecule has 0 fully saturated rings. The second kappa shape index (κ2) is 7.77. The predicted molar refractivity (Wildman–Crippen MR) is 105 cm³/mol. The van der Waals surface area contributed by atoms with Gasteiger partial charge in [0.25, 0.3) is 0 Å². The topological polar surface area (TPSA) is 72.7 Å². The third kappa shape index (κ3) is 3.98. The van der Waals surface area contributed by atoms with Crippen molar-refractivity contribution < 1.29 is 15.3 Å². The number of rotatable bonds is 6. The molecule has 0 radical (unpaired) electrons. The van der Waals surface area contributed by atoms with Crippen LogP contribution < -0.4 is 5.32 Å². The van der Waals surface area contributed by atoms with E-state index in [4.69, 9.17) is 0 Å². The van der Waals surface area contributed by atoms with Gasteiger partial charge in [0.15, 0.2) is 11.5 Å². The van der Waals surface area contributed by atoms with Crippen LogP contribution in [0.15, 0.2) is 54.6 Å². The van der Waals surface area contributed by atoms with E-state index >= 15 is 0 Å². The van der Waals surface area contributed by atoms with E-state index in [1.165, 1.54) is 34.0 Å². The highest BCUT2D eigenvalue weighted by molar-refractivity contribution is 5.88. The Morgan fingerprint density at radius 1 is 0.923 bits per heavy atom. The molecule has 0 bridgehead atoms. The molecular weight excluding hydrogens is 326 g/mol. The quantitative estimate of drug-likeness (QED) is 0.510. The van der Waals surface area contributed by atoms with E-state index in [2.05, 4.69) is 55.6 Å². The van der Waals surface area contributed by atoms with E-state index in [0.717, 1.165) is 6.42 Å². The molecule has 0 saturated heterocycles. The highest BCUT2D eigenvalue weighted by Crippen LogP contribution is 2.28. The maximum absolute atomic E-state index is 10.3. The summed E-state index contributed by atoms with van der Waals surface area (Å²) in [5.74, 6) is -0.408. The zero-order valence-electron chi connectivity index (χ0n) is 15.1. The van der Waals surface area contributed by atoms with Crippen molar-refractivity contribution in [3.8, 4) is 11.5 Å². The highest BCUT2D eigenvalue weighted by Gasteiger charge is 2.13. The molecule has 0 heterocycles. The monoisotopic (exact) mass is 351 g/mol. The zero-order valence-corrected chi connectivity index (χ0v) is 15.1. The largest absolute Gasteiger partial charge is 0.504 e. The number of fused-ring (bicyclic) bond motifs is 1. The van der Waals surface area contributed by atoms with Gasteiger partial charge in [0, 0.05) is 12.6 Å². The van der Waals surface area contributed by atoms with E-state index in [1.807, 2.05) is 0 Å². The van der Waals surface area contributed by atoms with Crippen LogP contribution in [0.5, 0.6) is 11.5 Å². The Labute approximate surface area is 153 Å². The molecule has 0 amide bonds. The molecule has 3 aromatic carbocycles. The number of aryl methyl sites for hydroxylation is 1. The lowest BCUT2D eigenvalue weighted by Crippen LogP contribution is -2.32. The molecule has 0 aliphatic heterocycles. The number of phenols is 2. The van der Waals surface area contributed by atoms with Crippen LogP contribution in [0.2, 0.25) is 0 Å². The number of nitrogens with one attached hydrogen (secondary N) is 1. The van der Waals surface area contributed by atoms with Crippen LogP contribution in [-0.4, -0.2) is 27.9 Å². The summed E-state index contributed by atoms with van der Waals surface area (Å²) in [4.78, 5) is 0. The molecular formula is C22H25NO3. The molecule has 0 spiro atoms. The summed E-state index contributed by atoms with van der Waals surface area (Å²) in [6.07, 6.45) is 0.104. The van der Waals surface area contributed by atoms with E-state index in [0.29, 0.717) is 12.1 Å². The van der Waals surface area contributed by atoms with Crippen LogP contribution in [-0.2, 0) is 6.42 Å². The summed E-state index contributed by atoms with van der Waals surface area (Å²) < 4.78 is 0. The summed E-state index contributed by atoms with van der Waals surface area (Å²) in [6, 6.07) is 17.3. The third-order valence-corrected chi connectivity index (χ3v) is 4.80. The number of aliphatic hydroxyl groups excluding tert-OH is 1. The molecule has 136 valence electrons. The Hall–Kier alpha value is -2.56. The summed E-state index contributed by atoms with van der Waals surface area (Å²) in [5, 5.41) is 35.1. The average molecular weight is 351 g/mol. The molecule has 0 aliphatic rings. The van der Waals surface area contributed by atoms with E-state index in [1.54, 1.807) is 6.07 Å². The summed E-state index contributed by atoms with van der Waals surface area (Å²) in [5.41, 5.74) is 3.12. The second-order valence-corrected chi connectivity index (χ2v) is 6.86. The highest BCUT2D eigenvalue weighted by atomic mass is 16.3. The lowest BCUT2D eigenvalue weighted by Gasteiger charge is -2.19. The fourth-order valence-corrected chi connectivity index (χ4v) is 3.27. The van der Waals surface area contributed by atoms with Crippen molar-refractivity contribution in [3.05, 3.63) is 71.3 Å². The molecule has 2 atom stereocenters. The van der Waals surface area contributed by atoms with E-state index in [9.17, 15) is 15.3 Å². The van der Waals surface area contributed by atoms with Crippen molar-refractivity contribution in [2.75, 3.05) is 6.54 Å².